The molecule has 0 spiro atoms. The van der Waals surface area contributed by atoms with Crippen molar-refractivity contribution in [2.24, 2.45) is 0 Å². The molecule has 1 aromatic heterocycles. The molecule has 0 aliphatic carbocycles. The van der Waals surface area contributed by atoms with Gasteiger partial charge in [-0.3, -0.25) is 4.79 Å². The number of rotatable bonds is 3. The topological polar surface area (TPSA) is 89.6 Å². The molecule has 0 saturated heterocycles. The summed E-state index contributed by atoms with van der Waals surface area (Å²) in [5.74, 6) is 1.39. The second kappa shape index (κ2) is 7.03. The van der Waals surface area contributed by atoms with Gasteiger partial charge in [-0.05, 0) is 39.0 Å². The van der Waals surface area contributed by atoms with Gasteiger partial charge in [-0.25, -0.2) is 9.78 Å². The standard InChI is InChI=1S/C19H21N3O4/c1-19(2,3)26-18(24)21-15-10-12-9-14(11-20-16(12)22-17(15)23)25-13-7-5-4-6-8-13/h4-9,11,15H,10H2,1-3H3,(H,21,24)(H,20,22,23). The van der Waals surface area contributed by atoms with E-state index < -0.39 is 17.7 Å². The van der Waals surface area contributed by atoms with Crippen molar-refractivity contribution in [1.29, 1.82) is 0 Å². The Labute approximate surface area is 151 Å². The first-order valence-electron chi connectivity index (χ1n) is 8.32. The van der Waals surface area contributed by atoms with Gasteiger partial charge in [0.05, 0.1) is 6.20 Å². The van der Waals surface area contributed by atoms with E-state index in [9.17, 15) is 9.59 Å². The average molecular weight is 355 g/mol. The lowest BCUT2D eigenvalue weighted by atomic mass is 10.0. The Hall–Kier alpha value is -3.09. The minimum Gasteiger partial charge on any atom is -0.456 e. The third kappa shape index (κ3) is 4.50. The van der Waals surface area contributed by atoms with Gasteiger partial charge in [-0.1, -0.05) is 18.2 Å². The van der Waals surface area contributed by atoms with Crippen LogP contribution in [0.2, 0.25) is 0 Å². The minimum atomic E-state index is -0.730. The van der Waals surface area contributed by atoms with Gasteiger partial charge in [0.15, 0.2) is 0 Å². The van der Waals surface area contributed by atoms with Gasteiger partial charge in [-0.2, -0.15) is 0 Å². The molecule has 1 aliphatic heterocycles. The maximum atomic E-state index is 12.2. The summed E-state index contributed by atoms with van der Waals surface area (Å²) in [7, 11) is 0. The Morgan fingerprint density at radius 1 is 1.23 bits per heavy atom. The molecule has 0 saturated carbocycles. The predicted octanol–water partition coefficient (Wildman–Crippen LogP) is 3.26. The van der Waals surface area contributed by atoms with E-state index in [1.54, 1.807) is 33.0 Å². The van der Waals surface area contributed by atoms with E-state index >= 15 is 0 Å². The number of anilines is 1. The van der Waals surface area contributed by atoms with Crippen LogP contribution in [-0.4, -0.2) is 28.6 Å². The molecular weight excluding hydrogens is 334 g/mol. The molecular formula is C19H21N3O4. The molecule has 1 unspecified atom stereocenters. The monoisotopic (exact) mass is 355 g/mol. The Morgan fingerprint density at radius 3 is 2.65 bits per heavy atom. The molecule has 7 nitrogen and oxygen atoms in total. The molecule has 1 aliphatic rings. The number of aromatic nitrogens is 1. The summed E-state index contributed by atoms with van der Waals surface area (Å²) in [6.07, 6.45) is 1.22. The summed E-state index contributed by atoms with van der Waals surface area (Å²) >= 11 is 0. The number of hydrogen-bond acceptors (Lipinski definition) is 5. The van der Waals surface area contributed by atoms with Crippen LogP contribution in [0.25, 0.3) is 0 Å². The molecule has 3 rings (SSSR count). The van der Waals surface area contributed by atoms with Crippen molar-refractivity contribution in [2.45, 2.75) is 38.8 Å². The van der Waals surface area contributed by atoms with Crippen LogP contribution < -0.4 is 15.4 Å². The molecule has 2 N–H and O–H groups in total. The molecule has 2 aromatic rings. The molecule has 7 heteroatoms. The molecule has 136 valence electrons. The van der Waals surface area contributed by atoms with E-state index in [0.717, 1.165) is 5.56 Å². The zero-order valence-electron chi connectivity index (χ0n) is 14.9. The van der Waals surface area contributed by atoms with Crippen LogP contribution in [0, 0.1) is 0 Å². The molecule has 2 heterocycles. The van der Waals surface area contributed by atoms with E-state index in [4.69, 9.17) is 9.47 Å². The third-order valence-corrected chi connectivity index (χ3v) is 3.59. The fraction of sp³-hybridized carbons (Fsp3) is 0.316. The zero-order chi connectivity index (χ0) is 18.7. The molecule has 1 aromatic carbocycles. The number of alkyl carbamates (subject to hydrolysis) is 1. The smallest absolute Gasteiger partial charge is 0.408 e. The Morgan fingerprint density at radius 2 is 1.96 bits per heavy atom. The van der Waals surface area contributed by atoms with Crippen LogP contribution >= 0.6 is 0 Å². The van der Waals surface area contributed by atoms with Crippen LogP contribution in [-0.2, 0) is 16.0 Å². The summed E-state index contributed by atoms with van der Waals surface area (Å²) in [6, 6.07) is 10.4. The first-order chi connectivity index (χ1) is 12.3. The highest BCUT2D eigenvalue weighted by Crippen LogP contribution is 2.27. The van der Waals surface area contributed by atoms with Crippen LogP contribution in [0.3, 0.4) is 0 Å². The average Bonchev–Trinajstić information content (AvgIpc) is 2.55. The van der Waals surface area contributed by atoms with E-state index in [0.29, 0.717) is 23.7 Å². The summed E-state index contributed by atoms with van der Waals surface area (Å²) in [5.41, 5.74) is 0.143. The second-order valence-corrected chi connectivity index (χ2v) is 6.99. The molecule has 2 amide bonds. The van der Waals surface area contributed by atoms with Crippen LogP contribution in [0.5, 0.6) is 11.5 Å². The van der Waals surface area contributed by atoms with Crippen molar-refractivity contribution < 1.29 is 19.1 Å². The SMILES string of the molecule is CC(C)(C)OC(=O)NC1Cc2cc(Oc3ccccc3)cnc2NC1=O. The van der Waals surface area contributed by atoms with Crippen molar-refractivity contribution in [1.82, 2.24) is 10.3 Å². The van der Waals surface area contributed by atoms with E-state index in [1.165, 1.54) is 0 Å². The van der Waals surface area contributed by atoms with Crippen LogP contribution in [0.15, 0.2) is 42.6 Å². The lowest BCUT2D eigenvalue weighted by Gasteiger charge is -2.26. The van der Waals surface area contributed by atoms with Gasteiger partial charge in [0.25, 0.3) is 0 Å². The number of hydrogen-bond donors (Lipinski definition) is 2. The normalized spacial score (nSPS) is 16.3. The number of carbonyl (C=O) groups is 2. The number of fused-ring (bicyclic) bond motifs is 1. The predicted molar refractivity (Wildman–Crippen MR) is 96.2 cm³/mol. The first kappa shape index (κ1) is 17.7. The van der Waals surface area contributed by atoms with E-state index in [1.807, 2.05) is 30.3 Å². The van der Waals surface area contributed by atoms with Gasteiger partial charge < -0.3 is 20.1 Å². The maximum absolute atomic E-state index is 12.2. The lowest BCUT2D eigenvalue weighted by Crippen LogP contribution is -2.49. The van der Waals surface area contributed by atoms with Crippen molar-refractivity contribution in [2.75, 3.05) is 5.32 Å². The maximum Gasteiger partial charge on any atom is 0.408 e. The number of nitrogens with zero attached hydrogens (tertiary/aromatic N) is 1. The quantitative estimate of drug-likeness (QED) is 0.882. The summed E-state index contributed by atoms with van der Waals surface area (Å²) in [6.45, 7) is 5.29. The van der Waals surface area contributed by atoms with E-state index in [-0.39, 0.29) is 5.91 Å². The second-order valence-electron chi connectivity index (χ2n) is 6.99. The zero-order valence-corrected chi connectivity index (χ0v) is 14.9. The number of carbonyl (C=O) groups excluding carboxylic acids is 2. The van der Waals surface area contributed by atoms with Crippen molar-refractivity contribution in [3.8, 4) is 11.5 Å². The lowest BCUT2D eigenvalue weighted by molar-refractivity contribution is -0.118. The number of para-hydroxylation sites is 1. The fourth-order valence-electron chi connectivity index (χ4n) is 2.52. The van der Waals surface area contributed by atoms with Gasteiger partial charge in [0.2, 0.25) is 5.91 Å². The minimum absolute atomic E-state index is 0.305. The number of amides is 2. The Kier molecular flexibility index (Phi) is 4.79. The van der Waals surface area contributed by atoms with Gasteiger partial charge in [0.1, 0.15) is 29.0 Å². The molecule has 0 fully saturated rings. The number of benzene rings is 1. The number of nitrogens with one attached hydrogen (secondary N) is 2. The van der Waals surface area contributed by atoms with Gasteiger partial charge in [-0.15, -0.1) is 0 Å². The highest BCUT2D eigenvalue weighted by Gasteiger charge is 2.30. The number of ether oxygens (including phenoxy) is 2. The van der Waals surface area contributed by atoms with Crippen LogP contribution in [0.4, 0.5) is 10.6 Å². The van der Waals surface area contributed by atoms with E-state index in [2.05, 4.69) is 15.6 Å². The van der Waals surface area contributed by atoms with Crippen LogP contribution in [0.1, 0.15) is 26.3 Å². The third-order valence-electron chi connectivity index (χ3n) is 3.59. The highest BCUT2D eigenvalue weighted by molar-refractivity contribution is 5.98. The number of pyridine rings is 1. The van der Waals surface area contributed by atoms with Gasteiger partial charge >= 0.3 is 6.09 Å². The van der Waals surface area contributed by atoms with Gasteiger partial charge in [0, 0.05) is 12.0 Å². The Bertz CT molecular complexity index is 815. The molecule has 1 atom stereocenters. The Balaban J connectivity index is 1.72. The summed E-state index contributed by atoms with van der Waals surface area (Å²) in [4.78, 5) is 28.4. The van der Waals surface area contributed by atoms with Crippen molar-refractivity contribution >= 4 is 17.8 Å². The highest BCUT2D eigenvalue weighted by atomic mass is 16.6. The van der Waals surface area contributed by atoms with Crippen molar-refractivity contribution in [3.05, 3.63) is 48.2 Å². The largest absolute Gasteiger partial charge is 0.456 e. The summed E-state index contributed by atoms with van der Waals surface area (Å²) < 4.78 is 11.0. The molecule has 0 bridgehead atoms. The molecule has 26 heavy (non-hydrogen) atoms. The van der Waals surface area contributed by atoms with Crippen molar-refractivity contribution in [3.63, 3.8) is 0 Å². The fourth-order valence-corrected chi connectivity index (χ4v) is 2.52. The summed E-state index contributed by atoms with van der Waals surface area (Å²) in [5, 5.41) is 5.29. The molecule has 0 radical (unpaired) electrons. The first-order valence-corrected chi connectivity index (χ1v) is 8.32.